The summed E-state index contributed by atoms with van der Waals surface area (Å²) >= 11 is 0. The molecule has 2 unspecified atom stereocenters. The van der Waals surface area contributed by atoms with Crippen molar-refractivity contribution >= 4 is 5.91 Å². The van der Waals surface area contributed by atoms with Crippen molar-refractivity contribution in [3.8, 4) is 0 Å². The summed E-state index contributed by atoms with van der Waals surface area (Å²) in [5.41, 5.74) is 0. The molecular weight excluding hydrogens is 202 g/mol. The molecule has 2 rings (SSSR count). The van der Waals surface area contributed by atoms with Gasteiger partial charge in [0.05, 0.1) is 0 Å². The Hall–Kier alpha value is -0.610. The lowest BCUT2D eigenvalue weighted by molar-refractivity contribution is -0.121. The predicted molar refractivity (Wildman–Crippen MR) is 64.3 cm³/mol. The largest absolute Gasteiger partial charge is 0.356 e. The highest BCUT2D eigenvalue weighted by atomic mass is 16.1. The first kappa shape index (κ1) is 11.9. The molecule has 0 aromatic heterocycles. The Labute approximate surface area is 97.8 Å². The zero-order valence-electron chi connectivity index (χ0n) is 10.2. The van der Waals surface area contributed by atoms with Gasteiger partial charge in [-0.1, -0.05) is 0 Å². The lowest BCUT2D eigenvalue weighted by atomic mass is 10.1. The van der Waals surface area contributed by atoms with Gasteiger partial charge >= 0.3 is 0 Å². The second-order valence-corrected chi connectivity index (χ2v) is 5.06. The Balaban J connectivity index is 1.85. The summed E-state index contributed by atoms with van der Waals surface area (Å²) < 4.78 is 0. The molecule has 4 heteroatoms. The third kappa shape index (κ3) is 2.95. The van der Waals surface area contributed by atoms with Gasteiger partial charge in [0.15, 0.2) is 0 Å². The normalized spacial score (nSPS) is 32.4. The molecule has 1 amide bonds. The molecule has 2 aliphatic heterocycles. The van der Waals surface area contributed by atoms with Gasteiger partial charge in [-0.3, -0.25) is 9.69 Å². The molecule has 2 atom stereocenters. The standard InChI is InChI=1S/C12H23N3O/c1-13-8-10-4-6-15(9-10)11-3-2-5-14-12(16)7-11/h10-11,13H,2-9H2,1H3,(H,14,16). The maximum Gasteiger partial charge on any atom is 0.221 e. The van der Waals surface area contributed by atoms with Gasteiger partial charge in [-0.2, -0.15) is 0 Å². The molecule has 2 saturated heterocycles. The summed E-state index contributed by atoms with van der Waals surface area (Å²) in [6.07, 6.45) is 4.28. The zero-order chi connectivity index (χ0) is 11.4. The molecule has 0 radical (unpaired) electrons. The van der Waals surface area contributed by atoms with E-state index in [1.807, 2.05) is 7.05 Å². The summed E-state index contributed by atoms with van der Waals surface area (Å²) in [5.74, 6) is 1.01. The van der Waals surface area contributed by atoms with Crippen molar-refractivity contribution in [2.75, 3.05) is 33.2 Å². The van der Waals surface area contributed by atoms with Crippen LogP contribution in [-0.2, 0) is 4.79 Å². The van der Waals surface area contributed by atoms with Crippen LogP contribution in [0.1, 0.15) is 25.7 Å². The van der Waals surface area contributed by atoms with Gasteiger partial charge in [0.25, 0.3) is 0 Å². The van der Waals surface area contributed by atoms with Crippen LogP contribution >= 0.6 is 0 Å². The number of rotatable bonds is 3. The van der Waals surface area contributed by atoms with E-state index < -0.39 is 0 Å². The minimum atomic E-state index is 0.236. The van der Waals surface area contributed by atoms with Crippen LogP contribution in [0.4, 0.5) is 0 Å². The predicted octanol–water partition coefficient (Wildman–Crippen LogP) is 0.196. The molecule has 2 N–H and O–H groups in total. The van der Waals surface area contributed by atoms with Gasteiger partial charge in [0.2, 0.25) is 5.91 Å². The molecule has 2 fully saturated rings. The SMILES string of the molecule is CNCC1CCN(C2CCCNC(=O)C2)C1. The summed E-state index contributed by atoms with van der Waals surface area (Å²) in [7, 11) is 2.02. The summed E-state index contributed by atoms with van der Waals surface area (Å²) in [6.45, 7) is 4.31. The highest BCUT2D eigenvalue weighted by Crippen LogP contribution is 2.22. The summed E-state index contributed by atoms with van der Waals surface area (Å²) in [4.78, 5) is 14.0. The van der Waals surface area contributed by atoms with Crippen LogP contribution < -0.4 is 10.6 Å². The van der Waals surface area contributed by atoms with Crippen LogP contribution in [0.15, 0.2) is 0 Å². The van der Waals surface area contributed by atoms with Gasteiger partial charge in [0, 0.05) is 25.6 Å². The van der Waals surface area contributed by atoms with Crippen LogP contribution in [0.25, 0.3) is 0 Å². The minimum Gasteiger partial charge on any atom is -0.356 e. The molecule has 16 heavy (non-hydrogen) atoms. The fourth-order valence-electron chi connectivity index (χ4n) is 2.91. The number of nitrogens with zero attached hydrogens (tertiary/aromatic N) is 1. The van der Waals surface area contributed by atoms with Crippen LogP contribution in [0.5, 0.6) is 0 Å². The molecule has 0 aromatic rings. The van der Waals surface area contributed by atoms with Gasteiger partial charge < -0.3 is 10.6 Å². The second-order valence-electron chi connectivity index (χ2n) is 5.06. The summed E-state index contributed by atoms with van der Waals surface area (Å²) in [5, 5.41) is 6.20. The number of amides is 1. The Morgan fingerprint density at radius 3 is 3.19 bits per heavy atom. The van der Waals surface area contributed by atoms with Crippen molar-refractivity contribution < 1.29 is 4.79 Å². The van der Waals surface area contributed by atoms with Crippen molar-refractivity contribution in [3.63, 3.8) is 0 Å². The van der Waals surface area contributed by atoms with Crippen molar-refractivity contribution in [2.24, 2.45) is 5.92 Å². The number of likely N-dealkylation sites (tertiary alicyclic amines) is 1. The Kier molecular flexibility index (Phi) is 4.18. The van der Waals surface area contributed by atoms with Gasteiger partial charge in [-0.05, 0) is 45.3 Å². The van der Waals surface area contributed by atoms with E-state index in [0.29, 0.717) is 12.5 Å². The van der Waals surface area contributed by atoms with E-state index in [1.54, 1.807) is 0 Å². The quantitative estimate of drug-likeness (QED) is 0.721. The lowest BCUT2D eigenvalue weighted by Gasteiger charge is -2.25. The Morgan fingerprint density at radius 1 is 1.50 bits per heavy atom. The molecule has 0 aromatic carbocycles. The fraction of sp³-hybridized carbons (Fsp3) is 0.917. The monoisotopic (exact) mass is 225 g/mol. The number of carbonyl (C=O) groups is 1. The highest BCUT2D eigenvalue weighted by molar-refractivity contribution is 5.76. The fourth-order valence-corrected chi connectivity index (χ4v) is 2.91. The molecular formula is C12H23N3O. The molecule has 0 aliphatic carbocycles. The molecule has 2 aliphatic rings. The molecule has 4 nitrogen and oxygen atoms in total. The molecule has 92 valence electrons. The van der Waals surface area contributed by atoms with Crippen molar-refractivity contribution in [2.45, 2.75) is 31.7 Å². The van der Waals surface area contributed by atoms with Crippen LogP contribution in [-0.4, -0.2) is 50.1 Å². The molecule has 0 bridgehead atoms. The van der Waals surface area contributed by atoms with Gasteiger partial charge in [-0.15, -0.1) is 0 Å². The smallest absolute Gasteiger partial charge is 0.221 e. The zero-order valence-corrected chi connectivity index (χ0v) is 10.2. The van der Waals surface area contributed by atoms with E-state index in [-0.39, 0.29) is 5.91 Å². The first-order valence-corrected chi connectivity index (χ1v) is 6.45. The van der Waals surface area contributed by atoms with E-state index in [1.165, 1.54) is 25.9 Å². The number of nitrogens with one attached hydrogen (secondary N) is 2. The van der Waals surface area contributed by atoms with Gasteiger partial charge in [-0.25, -0.2) is 0 Å². The average molecular weight is 225 g/mol. The third-order valence-corrected chi connectivity index (χ3v) is 3.78. The van der Waals surface area contributed by atoms with Crippen molar-refractivity contribution in [1.82, 2.24) is 15.5 Å². The minimum absolute atomic E-state index is 0.236. The highest BCUT2D eigenvalue weighted by Gasteiger charge is 2.29. The van der Waals surface area contributed by atoms with E-state index in [9.17, 15) is 4.79 Å². The molecule has 2 heterocycles. The van der Waals surface area contributed by atoms with Crippen molar-refractivity contribution in [3.05, 3.63) is 0 Å². The first-order chi connectivity index (χ1) is 7.79. The van der Waals surface area contributed by atoms with E-state index in [4.69, 9.17) is 0 Å². The number of hydrogen-bond acceptors (Lipinski definition) is 3. The Bertz CT molecular complexity index is 244. The van der Waals surface area contributed by atoms with Gasteiger partial charge in [0.1, 0.15) is 0 Å². The van der Waals surface area contributed by atoms with E-state index in [2.05, 4.69) is 15.5 Å². The average Bonchev–Trinajstić information content (AvgIpc) is 2.61. The van der Waals surface area contributed by atoms with Crippen LogP contribution in [0.2, 0.25) is 0 Å². The van der Waals surface area contributed by atoms with Crippen molar-refractivity contribution in [1.29, 1.82) is 0 Å². The summed E-state index contributed by atoms with van der Waals surface area (Å²) in [6, 6.07) is 0.490. The van der Waals surface area contributed by atoms with E-state index >= 15 is 0 Å². The number of hydrogen-bond donors (Lipinski definition) is 2. The maximum absolute atomic E-state index is 11.5. The number of carbonyl (C=O) groups excluding carboxylic acids is 1. The Morgan fingerprint density at radius 2 is 2.38 bits per heavy atom. The lowest BCUT2D eigenvalue weighted by Crippen LogP contribution is -2.36. The second kappa shape index (κ2) is 5.64. The molecule has 0 saturated carbocycles. The maximum atomic E-state index is 11.5. The van der Waals surface area contributed by atoms with E-state index in [0.717, 1.165) is 25.4 Å². The van der Waals surface area contributed by atoms with Crippen LogP contribution in [0.3, 0.4) is 0 Å². The first-order valence-electron chi connectivity index (χ1n) is 6.45. The topological polar surface area (TPSA) is 44.4 Å². The third-order valence-electron chi connectivity index (χ3n) is 3.78. The van der Waals surface area contributed by atoms with Crippen LogP contribution in [0, 0.1) is 5.92 Å². The molecule has 0 spiro atoms.